The molecule has 1 N–H and O–H groups in total. The number of carbonyl (C=O) groups excluding carboxylic acids is 2. The molecule has 0 spiro atoms. The summed E-state index contributed by atoms with van der Waals surface area (Å²) in [6.45, 7) is 1.10. The van der Waals surface area contributed by atoms with Gasteiger partial charge in [-0.25, -0.2) is 0 Å². The molecule has 2 amide bonds. The molecule has 44 heavy (non-hydrogen) atoms. The van der Waals surface area contributed by atoms with E-state index in [-0.39, 0.29) is 30.9 Å². The molecular weight excluding hydrogens is 564 g/mol. The van der Waals surface area contributed by atoms with E-state index in [0.717, 1.165) is 22.4 Å². The number of aliphatic hydroxyl groups excluding tert-OH is 1. The second-order valence-corrected chi connectivity index (χ2v) is 10.7. The van der Waals surface area contributed by atoms with Crippen LogP contribution in [0.5, 0.6) is 0 Å². The highest BCUT2D eigenvalue weighted by Gasteiger charge is 2.54. The average Bonchev–Trinajstić information content (AvgIpc) is 3.31. The van der Waals surface area contributed by atoms with Crippen molar-refractivity contribution in [1.29, 1.82) is 0 Å². The van der Waals surface area contributed by atoms with Crippen molar-refractivity contribution in [2.75, 3.05) is 19.8 Å². The number of imide groups is 1. The molecule has 11 heteroatoms. The minimum absolute atomic E-state index is 0.0299. The largest absolute Gasteiger partial charge is 0.388 e. The van der Waals surface area contributed by atoms with Crippen LogP contribution < -0.4 is 0 Å². The van der Waals surface area contributed by atoms with Gasteiger partial charge in [-0.15, -0.1) is 0 Å². The lowest BCUT2D eigenvalue weighted by molar-refractivity contribution is -0.290. The van der Waals surface area contributed by atoms with Crippen LogP contribution in [0, 0.1) is 0 Å². The summed E-state index contributed by atoms with van der Waals surface area (Å²) >= 11 is 0. The lowest BCUT2D eigenvalue weighted by Gasteiger charge is -2.46. The van der Waals surface area contributed by atoms with Crippen molar-refractivity contribution in [2.24, 2.45) is 5.11 Å². The molecule has 5 rings (SSSR count). The van der Waals surface area contributed by atoms with Crippen LogP contribution in [0.2, 0.25) is 0 Å². The molecule has 1 saturated heterocycles. The fourth-order valence-corrected chi connectivity index (χ4v) is 5.46. The first-order valence-electron chi connectivity index (χ1n) is 14.8. The summed E-state index contributed by atoms with van der Waals surface area (Å²) in [4.78, 5) is 31.2. The lowest BCUT2D eigenvalue weighted by Crippen LogP contribution is -2.66. The molecule has 0 aromatic heterocycles. The van der Waals surface area contributed by atoms with Gasteiger partial charge in [-0.1, -0.05) is 84.3 Å². The van der Waals surface area contributed by atoms with Crippen LogP contribution in [0.4, 0.5) is 0 Å². The summed E-state index contributed by atoms with van der Waals surface area (Å²) in [5.74, 6) is -0.997. The number of unbranched alkanes of at least 4 members (excludes halogenated alkanes) is 2. The van der Waals surface area contributed by atoms with Gasteiger partial charge in [0.1, 0.15) is 24.4 Å². The number of aliphatic hydroxyl groups is 1. The normalized spacial score (nSPS) is 22.9. The van der Waals surface area contributed by atoms with Crippen molar-refractivity contribution in [3.8, 4) is 0 Å². The van der Waals surface area contributed by atoms with Crippen LogP contribution in [-0.2, 0) is 32.2 Å². The zero-order valence-electron chi connectivity index (χ0n) is 24.3. The minimum Gasteiger partial charge on any atom is -0.388 e. The van der Waals surface area contributed by atoms with Crippen LogP contribution in [0.3, 0.4) is 0 Å². The molecule has 0 unspecified atom stereocenters. The first kappa shape index (κ1) is 31.3. The minimum atomic E-state index is -1.24. The summed E-state index contributed by atoms with van der Waals surface area (Å²) < 4.78 is 24.8. The molecule has 0 radical (unpaired) electrons. The van der Waals surface area contributed by atoms with Crippen LogP contribution >= 0.6 is 0 Å². The van der Waals surface area contributed by atoms with E-state index < -0.39 is 42.5 Å². The molecule has 2 aliphatic heterocycles. The molecule has 230 valence electrons. The van der Waals surface area contributed by atoms with E-state index in [0.29, 0.717) is 26.0 Å². The Morgan fingerprint density at radius 1 is 0.818 bits per heavy atom. The molecule has 0 saturated carbocycles. The Labute approximate surface area is 255 Å². The van der Waals surface area contributed by atoms with Crippen LogP contribution in [0.25, 0.3) is 10.4 Å². The maximum atomic E-state index is 13.7. The third-order valence-corrected chi connectivity index (χ3v) is 7.69. The number of hydrogen-bond acceptors (Lipinski definition) is 8. The van der Waals surface area contributed by atoms with Gasteiger partial charge in [-0.05, 0) is 41.6 Å². The van der Waals surface area contributed by atoms with E-state index >= 15 is 0 Å². The van der Waals surface area contributed by atoms with Gasteiger partial charge < -0.3 is 24.1 Å². The number of rotatable bonds is 15. The van der Waals surface area contributed by atoms with Crippen molar-refractivity contribution in [3.05, 3.63) is 118 Å². The number of hydrogen-bond donors (Lipinski definition) is 1. The molecule has 0 aliphatic carbocycles. The highest BCUT2D eigenvalue weighted by molar-refractivity contribution is 6.21. The smallest absolute Gasteiger partial charge is 0.262 e. The zero-order valence-corrected chi connectivity index (χ0v) is 24.3. The standard InChI is InChI=1S/C33H36N4O7/c34-36-35-18-10-3-11-19-42-33-28(37-31(39)25-16-8-9-17-26(25)32(37)40)30(43-21-24-14-6-2-7-15-24)29(38)27(44-33)22-41-20-23-12-4-1-5-13-23/h1-2,4-9,12-17,27-30,33,38H,3,10-11,18-22H2/t27-,28-,29-,30-,33-/m1/s1. The summed E-state index contributed by atoms with van der Waals surface area (Å²) in [6.07, 6.45) is -2.17. The summed E-state index contributed by atoms with van der Waals surface area (Å²) in [7, 11) is 0. The Morgan fingerprint density at radius 2 is 1.43 bits per heavy atom. The maximum Gasteiger partial charge on any atom is 0.262 e. The number of carbonyl (C=O) groups is 2. The Bertz CT molecular complexity index is 1400. The van der Waals surface area contributed by atoms with E-state index in [9.17, 15) is 14.7 Å². The Morgan fingerprint density at radius 3 is 2.07 bits per heavy atom. The molecule has 1 fully saturated rings. The predicted octanol–water partition coefficient (Wildman–Crippen LogP) is 5.04. The van der Waals surface area contributed by atoms with Crippen LogP contribution in [0.1, 0.15) is 51.1 Å². The number of benzene rings is 3. The first-order valence-corrected chi connectivity index (χ1v) is 14.8. The van der Waals surface area contributed by atoms with Gasteiger partial charge in [0, 0.05) is 18.1 Å². The highest BCUT2D eigenvalue weighted by atomic mass is 16.7. The van der Waals surface area contributed by atoms with Gasteiger partial charge in [0.15, 0.2) is 6.29 Å². The Balaban J connectivity index is 1.39. The highest BCUT2D eigenvalue weighted by Crippen LogP contribution is 2.35. The Kier molecular flexibility index (Phi) is 11.1. The van der Waals surface area contributed by atoms with E-state index in [1.165, 1.54) is 0 Å². The quantitative estimate of drug-likeness (QED) is 0.0847. The summed E-state index contributed by atoms with van der Waals surface area (Å²) in [6, 6.07) is 24.6. The number of fused-ring (bicyclic) bond motifs is 1. The second-order valence-electron chi connectivity index (χ2n) is 10.7. The lowest BCUT2D eigenvalue weighted by atomic mass is 9.95. The van der Waals surface area contributed by atoms with Crippen molar-refractivity contribution < 1.29 is 33.6 Å². The van der Waals surface area contributed by atoms with Gasteiger partial charge in [0.25, 0.3) is 11.8 Å². The zero-order chi connectivity index (χ0) is 30.7. The molecule has 3 aromatic rings. The molecule has 2 heterocycles. The second kappa shape index (κ2) is 15.6. The molecule has 11 nitrogen and oxygen atoms in total. The SMILES string of the molecule is [N-]=[N+]=NCCCCCO[C@@H]1O[C@H](COCc2ccccc2)[C@@H](O)[C@H](OCc2ccccc2)[C@H]1N1C(=O)c2ccccc2C1=O. The van der Waals surface area contributed by atoms with Gasteiger partial charge >= 0.3 is 0 Å². The van der Waals surface area contributed by atoms with E-state index in [1.54, 1.807) is 24.3 Å². The van der Waals surface area contributed by atoms with E-state index in [4.69, 9.17) is 24.5 Å². The van der Waals surface area contributed by atoms with Crippen LogP contribution in [-0.4, -0.2) is 72.2 Å². The molecule has 5 atom stereocenters. The van der Waals surface area contributed by atoms with Crippen molar-refractivity contribution >= 4 is 11.8 Å². The summed E-state index contributed by atoms with van der Waals surface area (Å²) in [5, 5.41) is 15.2. The monoisotopic (exact) mass is 600 g/mol. The van der Waals surface area contributed by atoms with E-state index in [1.807, 2.05) is 60.7 Å². The average molecular weight is 601 g/mol. The molecular formula is C33H36N4O7. The van der Waals surface area contributed by atoms with Gasteiger partial charge in [0.05, 0.1) is 30.9 Å². The number of nitrogens with zero attached hydrogens (tertiary/aromatic N) is 4. The van der Waals surface area contributed by atoms with Crippen molar-refractivity contribution in [3.63, 3.8) is 0 Å². The van der Waals surface area contributed by atoms with Gasteiger partial charge in [0.2, 0.25) is 0 Å². The maximum absolute atomic E-state index is 13.7. The van der Waals surface area contributed by atoms with Crippen LogP contribution in [0.15, 0.2) is 90.0 Å². The third kappa shape index (κ3) is 7.51. The molecule has 2 aliphatic rings. The number of azide groups is 1. The van der Waals surface area contributed by atoms with Crippen molar-refractivity contribution in [1.82, 2.24) is 4.90 Å². The van der Waals surface area contributed by atoms with E-state index in [2.05, 4.69) is 10.0 Å². The topological polar surface area (TPSA) is 143 Å². The van der Waals surface area contributed by atoms with Gasteiger partial charge in [-0.3, -0.25) is 14.5 Å². The Hall–Kier alpha value is -4.09. The van der Waals surface area contributed by atoms with Gasteiger partial charge in [-0.2, -0.15) is 0 Å². The molecule has 3 aromatic carbocycles. The first-order chi connectivity index (χ1) is 21.6. The van der Waals surface area contributed by atoms with Crippen molar-refractivity contribution in [2.45, 2.75) is 63.1 Å². The fourth-order valence-electron chi connectivity index (χ4n) is 5.46. The summed E-state index contributed by atoms with van der Waals surface area (Å²) in [5.41, 5.74) is 10.9. The predicted molar refractivity (Wildman–Crippen MR) is 160 cm³/mol. The fraction of sp³-hybridized carbons (Fsp3) is 0.394. The third-order valence-electron chi connectivity index (χ3n) is 7.69. The number of amides is 2. The number of ether oxygens (including phenoxy) is 4. The molecule has 0 bridgehead atoms.